The number of benzene rings is 1. The van der Waals surface area contributed by atoms with Gasteiger partial charge < -0.3 is 15.4 Å². The van der Waals surface area contributed by atoms with E-state index in [0.717, 1.165) is 31.2 Å². The molecule has 1 aromatic rings. The normalized spacial score (nSPS) is 19.8. The molecule has 0 spiro atoms. The van der Waals surface area contributed by atoms with Gasteiger partial charge in [0.1, 0.15) is 6.54 Å². The molecule has 136 valence electrons. The summed E-state index contributed by atoms with van der Waals surface area (Å²) >= 11 is 0. The summed E-state index contributed by atoms with van der Waals surface area (Å²) in [6.07, 6.45) is 4.15. The lowest BCUT2D eigenvalue weighted by molar-refractivity contribution is -0.147. The van der Waals surface area contributed by atoms with E-state index in [0.29, 0.717) is 11.5 Å². The Morgan fingerprint density at radius 2 is 1.88 bits per heavy atom. The molecule has 0 unspecified atom stereocenters. The van der Waals surface area contributed by atoms with Crippen LogP contribution in [0.1, 0.15) is 48.5 Å². The summed E-state index contributed by atoms with van der Waals surface area (Å²) in [5.41, 5.74) is 1.45. The van der Waals surface area contributed by atoms with Gasteiger partial charge in [-0.3, -0.25) is 14.4 Å². The van der Waals surface area contributed by atoms with Gasteiger partial charge in [0.2, 0.25) is 0 Å². The molecule has 1 aliphatic carbocycles. The van der Waals surface area contributed by atoms with Crippen molar-refractivity contribution in [3.8, 4) is 0 Å². The van der Waals surface area contributed by atoms with E-state index in [1.54, 1.807) is 18.2 Å². The van der Waals surface area contributed by atoms with Gasteiger partial charge in [-0.05, 0) is 50.7 Å². The highest BCUT2D eigenvalue weighted by Gasteiger charge is 2.20. The highest BCUT2D eigenvalue weighted by Crippen LogP contribution is 2.23. The maximum Gasteiger partial charge on any atom is 0.325 e. The number of hydrogen-bond acceptors (Lipinski definition) is 4. The van der Waals surface area contributed by atoms with Crippen molar-refractivity contribution in [2.75, 3.05) is 13.2 Å². The van der Waals surface area contributed by atoms with Gasteiger partial charge in [-0.15, -0.1) is 0 Å². The molecule has 6 nitrogen and oxygen atoms in total. The Kier molecular flexibility index (Phi) is 6.98. The van der Waals surface area contributed by atoms with Gasteiger partial charge in [-0.25, -0.2) is 0 Å². The van der Waals surface area contributed by atoms with Crippen molar-refractivity contribution in [1.82, 2.24) is 10.6 Å². The number of carbonyl (C=O) groups excluding carboxylic acids is 3. The number of aryl methyl sites for hydroxylation is 1. The molecule has 1 aromatic carbocycles. The number of esters is 1. The molecular weight excluding hydrogens is 320 g/mol. The van der Waals surface area contributed by atoms with Crippen LogP contribution in [-0.2, 0) is 14.3 Å². The van der Waals surface area contributed by atoms with Crippen LogP contribution in [0.5, 0.6) is 0 Å². The first-order valence-corrected chi connectivity index (χ1v) is 8.74. The van der Waals surface area contributed by atoms with Crippen LogP contribution < -0.4 is 10.6 Å². The molecule has 0 saturated heterocycles. The third-order valence-corrected chi connectivity index (χ3v) is 4.42. The zero-order chi connectivity index (χ0) is 18.2. The van der Waals surface area contributed by atoms with Gasteiger partial charge >= 0.3 is 5.97 Å². The Hall–Kier alpha value is -2.37. The minimum Gasteiger partial charge on any atom is -0.454 e. The van der Waals surface area contributed by atoms with Gasteiger partial charge in [-0.1, -0.05) is 24.6 Å². The number of nitrogens with one attached hydrogen (secondary N) is 2. The minimum atomic E-state index is -0.631. The monoisotopic (exact) mass is 346 g/mol. The molecule has 2 amide bonds. The van der Waals surface area contributed by atoms with E-state index in [2.05, 4.69) is 17.6 Å². The van der Waals surface area contributed by atoms with Crippen LogP contribution in [0.4, 0.5) is 0 Å². The average Bonchev–Trinajstić information content (AvgIpc) is 2.60. The quantitative estimate of drug-likeness (QED) is 0.771. The molecule has 1 aliphatic rings. The lowest BCUT2D eigenvalue weighted by Crippen LogP contribution is -2.40. The second-order valence-corrected chi connectivity index (χ2v) is 6.74. The standard InChI is InChI=1S/C19H26N2O4/c1-13-6-8-16(9-7-13)21-17(22)12-25-18(23)11-20-19(24)15-5-3-4-14(2)10-15/h3-5,10,13,16H,6-9,11-12H2,1-2H3,(H,20,24)(H,21,22). The van der Waals surface area contributed by atoms with E-state index in [1.165, 1.54) is 0 Å². The zero-order valence-electron chi connectivity index (χ0n) is 14.8. The second kappa shape index (κ2) is 9.20. The Morgan fingerprint density at radius 1 is 1.16 bits per heavy atom. The van der Waals surface area contributed by atoms with Crippen LogP contribution in [0.3, 0.4) is 0 Å². The first-order chi connectivity index (χ1) is 11.9. The largest absolute Gasteiger partial charge is 0.454 e. The van der Waals surface area contributed by atoms with E-state index in [9.17, 15) is 14.4 Å². The third kappa shape index (κ3) is 6.57. The number of ether oxygens (including phenoxy) is 1. The summed E-state index contributed by atoms with van der Waals surface area (Å²) in [7, 11) is 0. The fourth-order valence-corrected chi connectivity index (χ4v) is 2.91. The van der Waals surface area contributed by atoms with Crippen molar-refractivity contribution in [3.63, 3.8) is 0 Å². The molecule has 0 aromatic heterocycles. The molecule has 2 N–H and O–H groups in total. The maximum atomic E-state index is 11.9. The van der Waals surface area contributed by atoms with Gasteiger partial charge in [0.15, 0.2) is 6.61 Å². The molecule has 0 bridgehead atoms. The predicted molar refractivity (Wildman–Crippen MR) is 94.0 cm³/mol. The minimum absolute atomic E-state index is 0.170. The maximum absolute atomic E-state index is 11.9. The van der Waals surface area contributed by atoms with Crippen LogP contribution in [0.25, 0.3) is 0 Å². The van der Waals surface area contributed by atoms with Crippen LogP contribution in [-0.4, -0.2) is 37.0 Å². The molecule has 0 atom stereocenters. The summed E-state index contributed by atoms with van der Waals surface area (Å²) in [4.78, 5) is 35.4. The molecule has 6 heteroatoms. The van der Waals surface area contributed by atoms with Crippen molar-refractivity contribution in [2.45, 2.75) is 45.6 Å². The summed E-state index contributed by atoms with van der Waals surface area (Å²) in [6.45, 7) is 3.52. The number of amides is 2. The highest BCUT2D eigenvalue weighted by atomic mass is 16.5. The molecule has 25 heavy (non-hydrogen) atoms. The fraction of sp³-hybridized carbons (Fsp3) is 0.526. The Morgan fingerprint density at radius 3 is 2.56 bits per heavy atom. The zero-order valence-corrected chi connectivity index (χ0v) is 14.8. The molecule has 0 aliphatic heterocycles. The van der Waals surface area contributed by atoms with Crippen molar-refractivity contribution >= 4 is 17.8 Å². The topological polar surface area (TPSA) is 84.5 Å². The third-order valence-electron chi connectivity index (χ3n) is 4.42. The summed E-state index contributed by atoms with van der Waals surface area (Å²) < 4.78 is 4.91. The number of hydrogen-bond donors (Lipinski definition) is 2. The molecule has 0 radical (unpaired) electrons. The lowest BCUT2D eigenvalue weighted by atomic mass is 9.87. The van der Waals surface area contributed by atoms with Gasteiger partial charge in [0.25, 0.3) is 11.8 Å². The Labute approximate surface area is 148 Å². The first-order valence-electron chi connectivity index (χ1n) is 8.74. The number of carbonyl (C=O) groups is 3. The average molecular weight is 346 g/mol. The fourth-order valence-electron chi connectivity index (χ4n) is 2.91. The highest BCUT2D eigenvalue weighted by molar-refractivity contribution is 5.96. The Balaban J connectivity index is 1.65. The second-order valence-electron chi connectivity index (χ2n) is 6.74. The lowest BCUT2D eigenvalue weighted by Gasteiger charge is -2.26. The molecule has 1 fully saturated rings. The van der Waals surface area contributed by atoms with Crippen LogP contribution in [0, 0.1) is 12.8 Å². The van der Waals surface area contributed by atoms with E-state index < -0.39 is 5.97 Å². The number of rotatable bonds is 6. The van der Waals surface area contributed by atoms with Crippen molar-refractivity contribution in [2.24, 2.45) is 5.92 Å². The van der Waals surface area contributed by atoms with E-state index >= 15 is 0 Å². The summed E-state index contributed by atoms with van der Waals surface area (Å²) in [6, 6.07) is 7.24. The first kappa shape index (κ1) is 19.0. The molecule has 0 heterocycles. The van der Waals surface area contributed by atoms with E-state index in [-0.39, 0.29) is 31.0 Å². The van der Waals surface area contributed by atoms with Crippen LogP contribution in [0.2, 0.25) is 0 Å². The van der Waals surface area contributed by atoms with Gasteiger partial charge in [0.05, 0.1) is 0 Å². The van der Waals surface area contributed by atoms with Crippen molar-refractivity contribution < 1.29 is 19.1 Å². The van der Waals surface area contributed by atoms with E-state index in [4.69, 9.17) is 4.74 Å². The van der Waals surface area contributed by atoms with Gasteiger partial charge in [0, 0.05) is 11.6 Å². The SMILES string of the molecule is Cc1cccc(C(=O)NCC(=O)OCC(=O)NC2CCC(C)CC2)c1. The summed E-state index contributed by atoms with van der Waals surface area (Å²) in [5.74, 6) is -0.559. The van der Waals surface area contributed by atoms with Crippen LogP contribution >= 0.6 is 0 Å². The van der Waals surface area contributed by atoms with E-state index in [1.807, 2.05) is 13.0 Å². The van der Waals surface area contributed by atoms with Gasteiger partial charge in [-0.2, -0.15) is 0 Å². The molecule has 2 rings (SSSR count). The molecular formula is C19H26N2O4. The Bertz CT molecular complexity index is 622. The van der Waals surface area contributed by atoms with Crippen molar-refractivity contribution in [1.29, 1.82) is 0 Å². The summed E-state index contributed by atoms with van der Waals surface area (Å²) in [5, 5.41) is 5.38. The smallest absolute Gasteiger partial charge is 0.325 e. The molecule has 1 saturated carbocycles. The van der Waals surface area contributed by atoms with Crippen molar-refractivity contribution in [3.05, 3.63) is 35.4 Å². The predicted octanol–water partition coefficient (Wildman–Crippen LogP) is 1.96. The van der Waals surface area contributed by atoms with Crippen LogP contribution in [0.15, 0.2) is 24.3 Å².